The molecular formula is C20H27N5O2. The van der Waals surface area contributed by atoms with Gasteiger partial charge in [-0.1, -0.05) is 6.07 Å². The first-order valence-corrected chi connectivity index (χ1v) is 9.38. The Morgan fingerprint density at radius 2 is 2.04 bits per heavy atom. The van der Waals surface area contributed by atoms with Gasteiger partial charge in [-0.3, -0.25) is 9.78 Å². The molecule has 0 radical (unpaired) electrons. The van der Waals surface area contributed by atoms with Gasteiger partial charge in [-0.05, 0) is 38.8 Å². The summed E-state index contributed by atoms with van der Waals surface area (Å²) in [5.74, 6) is 1.66. The molecule has 7 nitrogen and oxygen atoms in total. The third kappa shape index (κ3) is 4.80. The molecule has 27 heavy (non-hydrogen) atoms. The van der Waals surface area contributed by atoms with Gasteiger partial charge in [0.25, 0.3) is 0 Å². The Kier molecular flexibility index (Phi) is 6.34. The number of rotatable bonds is 6. The van der Waals surface area contributed by atoms with Crippen molar-refractivity contribution in [2.45, 2.75) is 39.2 Å². The summed E-state index contributed by atoms with van der Waals surface area (Å²) < 4.78 is 5.00. The third-order valence-corrected chi connectivity index (χ3v) is 4.99. The van der Waals surface area contributed by atoms with Crippen LogP contribution in [0.1, 0.15) is 30.5 Å². The summed E-state index contributed by atoms with van der Waals surface area (Å²) in [7, 11) is 1.62. The number of pyridine rings is 1. The highest BCUT2D eigenvalue weighted by Crippen LogP contribution is 2.23. The van der Waals surface area contributed by atoms with Crippen molar-refractivity contribution < 1.29 is 9.53 Å². The van der Waals surface area contributed by atoms with Crippen molar-refractivity contribution in [3.63, 3.8) is 0 Å². The summed E-state index contributed by atoms with van der Waals surface area (Å²) in [5, 5.41) is 3.56. The minimum atomic E-state index is 0.168. The molecule has 1 fully saturated rings. The second-order valence-corrected chi connectivity index (χ2v) is 6.86. The molecule has 0 atom stereocenters. The van der Waals surface area contributed by atoms with Crippen LogP contribution in [-0.2, 0) is 9.53 Å². The maximum atomic E-state index is 12.1. The van der Waals surface area contributed by atoms with Crippen LogP contribution in [0.2, 0.25) is 0 Å². The number of hydrogen-bond donors (Lipinski definition) is 1. The number of aryl methyl sites for hydroxylation is 1. The first kappa shape index (κ1) is 19.2. The average molecular weight is 369 g/mol. The van der Waals surface area contributed by atoms with Gasteiger partial charge in [-0.15, -0.1) is 0 Å². The predicted molar refractivity (Wildman–Crippen MR) is 104 cm³/mol. The lowest BCUT2D eigenvalue weighted by atomic mass is 10.0. The van der Waals surface area contributed by atoms with Crippen molar-refractivity contribution in [2.75, 3.05) is 32.1 Å². The fraction of sp³-hybridized carbons (Fsp3) is 0.500. The zero-order chi connectivity index (χ0) is 19.2. The normalized spacial score (nSPS) is 15.0. The topological polar surface area (TPSA) is 80.2 Å². The molecule has 1 aliphatic rings. The first-order chi connectivity index (χ1) is 13.1. The first-order valence-electron chi connectivity index (χ1n) is 9.38. The molecule has 1 aliphatic heterocycles. The van der Waals surface area contributed by atoms with E-state index in [2.05, 4.69) is 15.3 Å². The van der Waals surface area contributed by atoms with Crippen molar-refractivity contribution >= 4 is 11.7 Å². The van der Waals surface area contributed by atoms with Gasteiger partial charge in [0.05, 0.1) is 13.0 Å². The molecule has 0 spiro atoms. The van der Waals surface area contributed by atoms with Crippen LogP contribution in [0, 0.1) is 13.8 Å². The van der Waals surface area contributed by atoms with Crippen LogP contribution in [0.25, 0.3) is 11.5 Å². The number of piperidine rings is 1. The van der Waals surface area contributed by atoms with Gasteiger partial charge in [0.2, 0.25) is 5.91 Å². The van der Waals surface area contributed by atoms with Gasteiger partial charge in [-0.2, -0.15) is 0 Å². The summed E-state index contributed by atoms with van der Waals surface area (Å²) in [6.45, 7) is 6.02. The molecule has 0 bridgehead atoms. The highest BCUT2D eigenvalue weighted by Gasteiger charge is 2.23. The number of carbonyl (C=O) groups excluding carboxylic acids is 1. The summed E-state index contributed by atoms with van der Waals surface area (Å²) in [4.78, 5) is 27.7. The molecule has 2 aromatic rings. The number of aromatic nitrogens is 3. The summed E-state index contributed by atoms with van der Waals surface area (Å²) in [6.07, 6.45) is 4.00. The van der Waals surface area contributed by atoms with Crippen molar-refractivity contribution in [3.05, 3.63) is 35.7 Å². The Bertz CT molecular complexity index is 773. The number of carbonyl (C=O) groups is 1. The Balaban J connectivity index is 1.66. The van der Waals surface area contributed by atoms with Crippen molar-refractivity contribution in [2.24, 2.45) is 0 Å². The van der Waals surface area contributed by atoms with E-state index in [0.29, 0.717) is 24.9 Å². The minimum Gasteiger partial charge on any atom is -0.384 e. The van der Waals surface area contributed by atoms with E-state index in [1.165, 1.54) is 0 Å². The number of nitrogens with one attached hydrogen (secondary N) is 1. The van der Waals surface area contributed by atoms with Crippen molar-refractivity contribution in [1.82, 2.24) is 19.9 Å². The second kappa shape index (κ2) is 8.90. The molecule has 0 aromatic carbocycles. The number of likely N-dealkylation sites (tertiary alicyclic amines) is 1. The maximum Gasteiger partial charge on any atom is 0.224 e. The number of nitrogens with zero attached hydrogens (tertiary/aromatic N) is 4. The van der Waals surface area contributed by atoms with Crippen LogP contribution in [0.3, 0.4) is 0 Å². The van der Waals surface area contributed by atoms with Gasteiger partial charge in [0.1, 0.15) is 11.5 Å². The number of amides is 1. The number of anilines is 1. The minimum absolute atomic E-state index is 0.168. The molecule has 3 heterocycles. The van der Waals surface area contributed by atoms with Crippen LogP contribution in [-0.4, -0.2) is 58.6 Å². The highest BCUT2D eigenvalue weighted by atomic mass is 16.5. The second-order valence-electron chi connectivity index (χ2n) is 6.86. The van der Waals surface area contributed by atoms with E-state index in [-0.39, 0.29) is 5.91 Å². The maximum absolute atomic E-state index is 12.1. The van der Waals surface area contributed by atoms with Gasteiger partial charge in [0.15, 0.2) is 5.82 Å². The van der Waals surface area contributed by atoms with Crippen LogP contribution in [0.5, 0.6) is 0 Å². The molecule has 2 aromatic heterocycles. The van der Waals surface area contributed by atoms with Crippen LogP contribution in [0.15, 0.2) is 24.4 Å². The Labute approximate surface area is 160 Å². The van der Waals surface area contributed by atoms with Crippen LogP contribution < -0.4 is 5.32 Å². The lowest BCUT2D eigenvalue weighted by Gasteiger charge is -2.33. The molecule has 0 aliphatic carbocycles. The summed E-state index contributed by atoms with van der Waals surface area (Å²) >= 11 is 0. The van der Waals surface area contributed by atoms with E-state index in [9.17, 15) is 4.79 Å². The van der Waals surface area contributed by atoms with E-state index in [1.807, 2.05) is 36.9 Å². The smallest absolute Gasteiger partial charge is 0.224 e. The third-order valence-electron chi connectivity index (χ3n) is 4.99. The van der Waals surface area contributed by atoms with Gasteiger partial charge >= 0.3 is 0 Å². The summed E-state index contributed by atoms with van der Waals surface area (Å²) in [6, 6.07) is 6.02. The Hall–Kier alpha value is -2.54. The summed E-state index contributed by atoms with van der Waals surface area (Å²) in [5.41, 5.74) is 2.76. The quantitative estimate of drug-likeness (QED) is 0.843. The zero-order valence-corrected chi connectivity index (χ0v) is 16.2. The van der Waals surface area contributed by atoms with Gasteiger partial charge in [-0.25, -0.2) is 9.97 Å². The lowest BCUT2D eigenvalue weighted by Crippen LogP contribution is -2.42. The molecule has 1 N–H and O–H groups in total. The van der Waals surface area contributed by atoms with Crippen LogP contribution >= 0.6 is 0 Å². The number of hydrogen-bond acceptors (Lipinski definition) is 6. The number of methoxy groups -OCH3 is 1. The van der Waals surface area contributed by atoms with Crippen molar-refractivity contribution in [1.29, 1.82) is 0 Å². The van der Waals surface area contributed by atoms with Gasteiger partial charge in [0, 0.05) is 43.7 Å². The largest absolute Gasteiger partial charge is 0.384 e. The van der Waals surface area contributed by atoms with Gasteiger partial charge < -0.3 is 15.0 Å². The Morgan fingerprint density at radius 1 is 1.26 bits per heavy atom. The van der Waals surface area contributed by atoms with E-state index in [0.717, 1.165) is 48.7 Å². The molecule has 3 rings (SSSR count). The molecule has 144 valence electrons. The standard InChI is InChI=1S/C20H27N5O2/c1-14-15(2)22-20(17-6-4-5-10-21-17)24-19(14)23-16-7-11-25(12-8-16)18(26)9-13-27-3/h4-6,10,16H,7-9,11-13H2,1-3H3,(H,22,23,24). The molecule has 1 amide bonds. The monoisotopic (exact) mass is 369 g/mol. The molecule has 1 saturated heterocycles. The molecular weight excluding hydrogens is 342 g/mol. The van der Waals surface area contributed by atoms with E-state index in [1.54, 1.807) is 13.3 Å². The SMILES string of the molecule is COCCC(=O)N1CCC(Nc2nc(-c3ccccn3)nc(C)c2C)CC1. The molecule has 7 heteroatoms. The fourth-order valence-electron chi connectivity index (χ4n) is 3.19. The zero-order valence-electron chi connectivity index (χ0n) is 16.2. The lowest BCUT2D eigenvalue weighted by molar-refractivity contribution is -0.133. The Morgan fingerprint density at radius 3 is 2.70 bits per heavy atom. The average Bonchev–Trinajstić information content (AvgIpc) is 2.70. The van der Waals surface area contributed by atoms with E-state index >= 15 is 0 Å². The van der Waals surface area contributed by atoms with E-state index in [4.69, 9.17) is 9.72 Å². The van der Waals surface area contributed by atoms with Crippen molar-refractivity contribution in [3.8, 4) is 11.5 Å². The highest BCUT2D eigenvalue weighted by molar-refractivity contribution is 5.76. The van der Waals surface area contributed by atoms with E-state index < -0.39 is 0 Å². The molecule has 0 unspecified atom stereocenters. The van der Waals surface area contributed by atoms with Crippen LogP contribution in [0.4, 0.5) is 5.82 Å². The predicted octanol–water partition coefficient (Wildman–Crippen LogP) is 2.59. The number of ether oxygens (including phenoxy) is 1. The fourth-order valence-corrected chi connectivity index (χ4v) is 3.19. The molecule has 0 saturated carbocycles.